The van der Waals surface area contributed by atoms with Gasteiger partial charge in [0.2, 0.25) is 6.79 Å². The Morgan fingerprint density at radius 3 is 2.81 bits per heavy atom. The second-order valence-corrected chi connectivity index (χ2v) is 5.67. The Morgan fingerprint density at radius 1 is 1.08 bits per heavy atom. The van der Waals surface area contributed by atoms with Crippen molar-refractivity contribution in [2.45, 2.75) is 6.54 Å². The van der Waals surface area contributed by atoms with Crippen molar-refractivity contribution in [1.82, 2.24) is 9.97 Å². The minimum atomic E-state index is -0.244. The van der Waals surface area contributed by atoms with Gasteiger partial charge in [0.15, 0.2) is 11.5 Å². The molecule has 0 atom stereocenters. The van der Waals surface area contributed by atoms with E-state index in [2.05, 4.69) is 20.6 Å². The molecular formula is C19H16N4O3. The van der Waals surface area contributed by atoms with Gasteiger partial charge in [-0.25, -0.2) is 4.98 Å². The van der Waals surface area contributed by atoms with Crippen molar-refractivity contribution in [1.29, 1.82) is 0 Å². The Balaban J connectivity index is 1.35. The van der Waals surface area contributed by atoms with Crippen molar-refractivity contribution in [2.24, 2.45) is 0 Å². The minimum absolute atomic E-state index is 0.244. The maximum atomic E-state index is 12.1. The van der Waals surface area contributed by atoms with Crippen molar-refractivity contribution >= 4 is 17.4 Å². The number of carbonyl (C=O) groups is 1. The normalized spacial score (nSPS) is 11.8. The van der Waals surface area contributed by atoms with Crippen LogP contribution in [0, 0.1) is 0 Å². The fourth-order valence-corrected chi connectivity index (χ4v) is 2.51. The van der Waals surface area contributed by atoms with Gasteiger partial charge in [-0.05, 0) is 42.0 Å². The molecular weight excluding hydrogens is 332 g/mol. The molecule has 130 valence electrons. The standard InChI is InChI=1S/C19H16N4O3/c24-19(14-2-1-7-20-10-14)23-18-6-4-15(11-22-18)21-9-13-3-5-16-17(8-13)26-12-25-16/h1-8,10-11,21H,9,12H2,(H,22,23,24). The molecule has 3 aromatic rings. The Labute approximate surface area is 150 Å². The number of aromatic nitrogens is 2. The van der Waals surface area contributed by atoms with Crippen molar-refractivity contribution in [3.8, 4) is 11.5 Å². The van der Waals surface area contributed by atoms with E-state index in [1.807, 2.05) is 24.3 Å². The third kappa shape index (κ3) is 3.56. The summed E-state index contributed by atoms with van der Waals surface area (Å²) in [6.07, 6.45) is 4.80. The molecule has 1 aromatic carbocycles. The maximum Gasteiger partial charge on any atom is 0.258 e. The fraction of sp³-hybridized carbons (Fsp3) is 0.105. The summed E-state index contributed by atoms with van der Waals surface area (Å²) in [6, 6.07) is 12.8. The summed E-state index contributed by atoms with van der Waals surface area (Å²) in [5.74, 6) is 1.76. The lowest BCUT2D eigenvalue weighted by molar-refractivity contribution is 0.102. The highest BCUT2D eigenvalue weighted by Crippen LogP contribution is 2.32. The molecule has 1 aliphatic heterocycles. The van der Waals surface area contributed by atoms with Crippen molar-refractivity contribution in [3.63, 3.8) is 0 Å². The number of amides is 1. The lowest BCUT2D eigenvalue weighted by Gasteiger charge is -2.08. The lowest BCUT2D eigenvalue weighted by Crippen LogP contribution is -2.13. The highest BCUT2D eigenvalue weighted by atomic mass is 16.7. The Morgan fingerprint density at radius 2 is 2.00 bits per heavy atom. The quantitative estimate of drug-likeness (QED) is 0.737. The number of hydrogen-bond acceptors (Lipinski definition) is 6. The van der Waals surface area contributed by atoms with Crippen LogP contribution >= 0.6 is 0 Å². The molecule has 1 amide bonds. The smallest absolute Gasteiger partial charge is 0.258 e. The van der Waals surface area contributed by atoms with Gasteiger partial charge in [-0.3, -0.25) is 9.78 Å². The summed E-state index contributed by atoms with van der Waals surface area (Å²) in [7, 11) is 0. The summed E-state index contributed by atoms with van der Waals surface area (Å²) >= 11 is 0. The molecule has 26 heavy (non-hydrogen) atoms. The zero-order valence-corrected chi connectivity index (χ0v) is 13.8. The third-order valence-corrected chi connectivity index (χ3v) is 3.86. The minimum Gasteiger partial charge on any atom is -0.454 e. The van der Waals surface area contributed by atoms with Gasteiger partial charge < -0.3 is 20.1 Å². The van der Waals surface area contributed by atoms with Crippen molar-refractivity contribution in [3.05, 3.63) is 72.2 Å². The van der Waals surface area contributed by atoms with E-state index in [0.29, 0.717) is 17.9 Å². The molecule has 2 aromatic heterocycles. The highest BCUT2D eigenvalue weighted by Gasteiger charge is 2.13. The number of ether oxygens (including phenoxy) is 2. The van der Waals surface area contributed by atoms with Crippen LogP contribution in [0.5, 0.6) is 11.5 Å². The second kappa shape index (κ2) is 7.10. The van der Waals surface area contributed by atoms with Gasteiger partial charge in [-0.15, -0.1) is 0 Å². The molecule has 3 heterocycles. The van der Waals surface area contributed by atoms with Gasteiger partial charge in [0.25, 0.3) is 5.91 Å². The van der Waals surface area contributed by atoms with E-state index >= 15 is 0 Å². The average molecular weight is 348 g/mol. The van der Waals surface area contributed by atoms with Gasteiger partial charge in [0.05, 0.1) is 17.4 Å². The zero-order chi connectivity index (χ0) is 17.8. The number of pyridine rings is 2. The molecule has 0 fully saturated rings. The van der Waals surface area contributed by atoms with Gasteiger partial charge in [-0.2, -0.15) is 0 Å². The summed E-state index contributed by atoms with van der Waals surface area (Å²) in [5.41, 5.74) is 2.41. The number of benzene rings is 1. The fourth-order valence-electron chi connectivity index (χ4n) is 2.51. The molecule has 0 spiro atoms. The number of nitrogens with zero attached hydrogens (tertiary/aromatic N) is 2. The van der Waals surface area contributed by atoms with Crippen LogP contribution in [0.2, 0.25) is 0 Å². The van der Waals surface area contributed by atoms with E-state index in [9.17, 15) is 4.79 Å². The number of rotatable bonds is 5. The molecule has 0 radical (unpaired) electrons. The lowest BCUT2D eigenvalue weighted by atomic mass is 10.2. The van der Waals surface area contributed by atoms with E-state index in [1.54, 1.807) is 30.6 Å². The van der Waals surface area contributed by atoms with Crippen LogP contribution in [-0.4, -0.2) is 22.7 Å². The number of hydrogen-bond donors (Lipinski definition) is 2. The first-order chi connectivity index (χ1) is 12.8. The van der Waals surface area contributed by atoms with E-state index in [0.717, 1.165) is 22.7 Å². The molecule has 4 rings (SSSR count). The third-order valence-electron chi connectivity index (χ3n) is 3.86. The van der Waals surface area contributed by atoms with Crippen LogP contribution in [0.15, 0.2) is 61.1 Å². The summed E-state index contributed by atoms with van der Waals surface area (Å²) in [6.45, 7) is 0.891. The summed E-state index contributed by atoms with van der Waals surface area (Å²) in [4.78, 5) is 20.3. The van der Waals surface area contributed by atoms with Gasteiger partial charge >= 0.3 is 0 Å². The van der Waals surface area contributed by atoms with E-state index in [4.69, 9.17) is 9.47 Å². The van der Waals surface area contributed by atoms with E-state index in [1.165, 1.54) is 6.20 Å². The van der Waals surface area contributed by atoms with Crippen LogP contribution < -0.4 is 20.1 Å². The molecule has 0 saturated heterocycles. The maximum absolute atomic E-state index is 12.1. The number of fused-ring (bicyclic) bond motifs is 1. The molecule has 2 N–H and O–H groups in total. The molecule has 0 unspecified atom stereocenters. The number of nitrogens with one attached hydrogen (secondary N) is 2. The summed E-state index contributed by atoms with van der Waals surface area (Å²) in [5, 5.41) is 6.02. The van der Waals surface area contributed by atoms with Crippen LogP contribution in [0.4, 0.5) is 11.5 Å². The molecule has 0 aliphatic carbocycles. The Bertz CT molecular complexity index is 914. The molecule has 1 aliphatic rings. The van der Waals surface area contributed by atoms with Gasteiger partial charge in [-0.1, -0.05) is 6.07 Å². The van der Waals surface area contributed by atoms with Crippen molar-refractivity contribution in [2.75, 3.05) is 17.4 Å². The largest absolute Gasteiger partial charge is 0.454 e. The second-order valence-electron chi connectivity index (χ2n) is 5.67. The van der Waals surface area contributed by atoms with Crippen molar-refractivity contribution < 1.29 is 14.3 Å². The van der Waals surface area contributed by atoms with Gasteiger partial charge in [0, 0.05) is 18.9 Å². The van der Waals surface area contributed by atoms with Crippen LogP contribution in [0.1, 0.15) is 15.9 Å². The summed E-state index contributed by atoms with van der Waals surface area (Å²) < 4.78 is 10.7. The Hall–Kier alpha value is -3.61. The van der Waals surface area contributed by atoms with Crippen LogP contribution in [-0.2, 0) is 6.54 Å². The topological polar surface area (TPSA) is 85.4 Å². The Kier molecular flexibility index (Phi) is 4.34. The molecule has 0 bridgehead atoms. The number of anilines is 2. The predicted octanol–water partition coefficient (Wildman–Crippen LogP) is 3.07. The molecule has 7 nitrogen and oxygen atoms in total. The van der Waals surface area contributed by atoms with Gasteiger partial charge in [0.1, 0.15) is 5.82 Å². The first-order valence-corrected chi connectivity index (χ1v) is 8.08. The first-order valence-electron chi connectivity index (χ1n) is 8.08. The number of carbonyl (C=O) groups excluding carboxylic acids is 1. The first kappa shape index (κ1) is 15.9. The molecule has 0 saturated carbocycles. The predicted molar refractivity (Wildman–Crippen MR) is 96.3 cm³/mol. The SMILES string of the molecule is O=C(Nc1ccc(NCc2ccc3c(c2)OCO3)cn1)c1cccnc1. The van der Waals surface area contributed by atoms with Crippen LogP contribution in [0.3, 0.4) is 0 Å². The highest BCUT2D eigenvalue weighted by molar-refractivity contribution is 6.03. The monoisotopic (exact) mass is 348 g/mol. The van der Waals surface area contributed by atoms with E-state index < -0.39 is 0 Å². The van der Waals surface area contributed by atoms with Crippen LogP contribution in [0.25, 0.3) is 0 Å². The molecule has 7 heteroatoms. The van der Waals surface area contributed by atoms with E-state index in [-0.39, 0.29) is 12.7 Å². The zero-order valence-electron chi connectivity index (χ0n) is 13.8. The average Bonchev–Trinajstić information content (AvgIpc) is 3.16.